The summed E-state index contributed by atoms with van der Waals surface area (Å²) in [6, 6.07) is 5.14. The van der Waals surface area contributed by atoms with Gasteiger partial charge in [0, 0.05) is 18.8 Å². The molecule has 0 saturated carbocycles. The molecule has 0 spiro atoms. The van der Waals surface area contributed by atoms with Crippen molar-refractivity contribution in [3.8, 4) is 0 Å². The van der Waals surface area contributed by atoms with Crippen LogP contribution in [0.3, 0.4) is 0 Å². The summed E-state index contributed by atoms with van der Waals surface area (Å²) in [5.74, 6) is 0.0541. The Morgan fingerprint density at radius 2 is 2.33 bits per heavy atom. The maximum absolute atomic E-state index is 12.6. The number of rotatable bonds is 3. The molecular weight excluding hydrogens is 290 g/mol. The summed E-state index contributed by atoms with van der Waals surface area (Å²) in [6.07, 6.45) is 2.19. The molecule has 7 heteroatoms. The number of aromatic amines is 1. The molecule has 2 aromatic heterocycles. The minimum absolute atomic E-state index is 0.0606. The van der Waals surface area contributed by atoms with Crippen molar-refractivity contribution in [1.82, 2.24) is 14.9 Å². The highest BCUT2D eigenvalue weighted by molar-refractivity contribution is 7.91. The van der Waals surface area contributed by atoms with E-state index in [1.807, 2.05) is 13.0 Å². The Hall–Kier alpha value is -1.89. The van der Waals surface area contributed by atoms with E-state index in [4.69, 9.17) is 0 Å². The molecule has 3 heterocycles. The molecular formula is C14H17N3O3S. The first-order valence-electron chi connectivity index (χ1n) is 6.95. The molecule has 3 rings (SSSR count). The molecule has 0 aliphatic carbocycles. The second-order valence-corrected chi connectivity index (χ2v) is 7.50. The van der Waals surface area contributed by atoms with Crippen LogP contribution in [0.15, 0.2) is 24.4 Å². The van der Waals surface area contributed by atoms with Gasteiger partial charge in [-0.2, -0.15) is 0 Å². The van der Waals surface area contributed by atoms with Crippen molar-refractivity contribution in [3.63, 3.8) is 0 Å². The number of carbonyl (C=O) groups excluding carboxylic acids is 1. The summed E-state index contributed by atoms with van der Waals surface area (Å²) in [7, 11) is -3.01. The molecule has 1 N–H and O–H groups in total. The number of carbonyl (C=O) groups is 1. The summed E-state index contributed by atoms with van der Waals surface area (Å²) in [4.78, 5) is 21.5. The monoisotopic (exact) mass is 307 g/mol. The normalized spacial score (nSPS) is 20.7. The zero-order valence-electron chi connectivity index (χ0n) is 11.7. The quantitative estimate of drug-likeness (QED) is 0.924. The van der Waals surface area contributed by atoms with Crippen LogP contribution < -0.4 is 0 Å². The van der Waals surface area contributed by atoms with E-state index < -0.39 is 9.84 Å². The lowest BCUT2D eigenvalue weighted by atomic mass is 10.2. The number of fused-ring (bicyclic) bond motifs is 1. The Kier molecular flexibility index (Phi) is 3.44. The van der Waals surface area contributed by atoms with E-state index in [1.54, 1.807) is 23.2 Å². The van der Waals surface area contributed by atoms with Crippen LogP contribution in [0.2, 0.25) is 0 Å². The number of nitrogens with zero attached hydrogens (tertiary/aromatic N) is 2. The number of amides is 1. The molecule has 1 atom stereocenters. The molecule has 0 bridgehead atoms. The van der Waals surface area contributed by atoms with Gasteiger partial charge in [0.25, 0.3) is 5.91 Å². The Balaban J connectivity index is 1.88. The molecule has 0 radical (unpaired) electrons. The average Bonchev–Trinajstić information content (AvgIpc) is 3.02. The molecule has 1 aliphatic heterocycles. The van der Waals surface area contributed by atoms with Gasteiger partial charge in [-0.15, -0.1) is 0 Å². The molecule has 2 aromatic rings. The first kappa shape index (κ1) is 14.1. The molecule has 1 fully saturated rings. The fourth-order valence-electron chi connectivity index (χ4n) is 2.81. The van der Waals surface area contributed by atoms with Gasteiger partial charge in [0.1, 0.15) is 5.69 Å². The Bertz CT molecular complexity index is 749. The summed E-state index contributed by atoms with van der Waals surface area (Å²) < 4.78 is 23.2. The maximum atomic E-state index is 12.6. The zero-order chi connectivity index (χ0) is 15.0. The number of hydrogen-bond acceptors (Lipinski definition) is 4. The highest BCUT2D eigenvalue weighted by Crippen LogP contribution is 2.21. The number of pyridine rings is 1. The van der Waals surface area contributed by atoms with Crippen LogP contribution in [-0.2, 0) is 9.84 Å². The largest absolute Gasteiger partial charge is 0.349 e. The SMILES string of the molecule is CCN(C(=O)c1cc2ncccc2[nH]1)C1CCS(=O)(=O)C1. The van der Waals surface area contributed by atoms with Gasteiger partial charge < -0.3 is 9.88 Å². The van der Waals surface area contributed by atoms with Crippen molar-refractivity contribution < 1.29 is 13.2 Å². The highest BCUT2D eigenvalue weighted by Gasteiger charge is 2.34. The summed E-state index contributed by atoms with van der Waals surface area (Å²) in [5, 5.41) is 0. The third-order valence-electron chi connectivity index (χ3n) is 3.87. The summed E-state index contributed by atoms with van der Waals surface area (Å²) >= 11 is 0. The van der Waals surface area contributed by atoms with E-state index in [9.17, 15) is 13.2 Å². The molecule has 1 unspecified atom stereocenters. The number of sulfone groups is 1. The van der Waals surface area contributed by atoms with Crippen molar-refractivity contribution in [2.24, 2.45) is 0 Å². The summed E-state index contributed by atoms with van der Waals surface area (Å²) in [5.41, 5.74) is 1.99. The van der Waals surface area contributed by atoms with E-state index in [-0.39, 0.29) is 23.5 Å². The minimum atomic E-state index is -3.01. The third-order valence-corrected chi connectivity index (χ3v) is 5.62. The van der Waals surface area contributed by atoms with Crippen LogP contribution in [0, 0.1) is 0 Å². The predicted octanol–water partition coefficient (Wildman–Crippen LogP) is 1.21. The number of hydrogen-bond donors (Lipinski definition) is 1. The van der Waals surface area contributed by atoms with E-state index >= 15 is 0 Å². The van der Waals surface area contributed by atoms with Gasteiger partial charge in [0.05, 0.1) is 22.5 Å². The van der Waals surface area contributed by atoms with Gasteiger partial charge in [-0.1, -0.05) is 0 Å². The zero-order valence-corrected chi connectivity index (χ0v) is 12.6. The van der Waals surface area contributed by atoms with Crippen molar-refractivity contribution >= 4 is 26.8 Å². The molecule has 112 valence electrons. The summed E-state index contributed by atoms with van der Waals surface area (Å²) in [6.45, 7) is 2.35. The fraction of sp³-hybridized carbons (Fsp3) is 0.429. The topological polar surface area (TPSA) is 83.1 Å². The Morgan fingerprint density at radius 3 is 2.95 bits per heavy atom. The average molecular weight is 307 g/mol. The van der Waals surface area contributed by atoms with Crippen molar-refractivity contribution in [2.75, 3.05) is 18.1 Å². The van der Waals surface area contributed by atoms with Gasteiger partial charge in [0.15, 0.2) is 9.84 Å². The molecule has 0 aromatic carbocycles. The van der Waals surface area contributed by atoms with Crippen LogP contribution in [0.1, 0.15) is 23.8 Å². The second-order valence-electron chi connectivity index (χ2n) is 5.27. The second kappa shape index (κ2) is 5.14. The number of H-pyrrole nitrogens is 1. The maximum Gasteiger partial charge on any atom is 0.270 e. The molecule has 1 saturated heterocycles. The van der Waals surface area contributed by atoms with E-state index in [2.05, 4.69) is 9.97 Å². The lowest BCUT2D eigenvalue weighted by Gasteiger charge is -2.26. The minimum Gasteiger partial charge on any atom is -0.349 e. The van der Waals surface area contributed by atoms with Crippen LogP contribution >= 0.6 is 0 Å². The molecule has 1 aliphatic rings. The lowest BCUT2D eigenvalue weighted by Crippen LogP contribution is -2.41. The van der Waals surface area contributed by atoms with Crippen LogP contribution in [-0.4, -0.2) is 53.3 Å². The van der Waals surface area contributed by atoms with Gasteiger partial charge in [-0.3, -0.25) is 9.78 Å². The number of nitrogens with one attached hydrogen (secondary N) is 1. The lowest BCUT2D eigenvalue weighted by molar-refractivity contribution is 0.0703. The first-order valence-corrected chi connectivity index (χ1v) is 8.77. The van der Waals surface area contributed by atoms with Gasteiger partial charge in [-0.05, 0) is 31.5 Å². The molecule has 21 heavy (non-hydrogen) atoms. The van der Waals surface area contributed by atoms with Crippen LogP contribution in [0.4, 0.5) is 0 Å². The molecule has 6 nitrogen and oxygen atoms in total. The first-order chi connectivity index (χ1) is 10.00. The van der Waals surface area contributed by atoms with Crippen molar-refractivity contribution in [3.05, 3.63) is 30.1 Å². The van der Waals surface area contributed by atoms with Crippen LogP contribution in [0.25, 0.3) is 11.0 Å². The predicted molar refractivity (Wildman–Crippen MR) is 79.9 cm³/mol. The van der Waals surface area contributed by atoms with Crippen LogP contribution in [0.5, 0.6) is 0 Å². The van der Waals surface area contributed by atoms with E-state index in [0.717, 1.165) is 11.0 Å². The standard InChI is InChI=1S/C14H17N3O3S/c1-2-17(10-5-7-21(19,20)9-10)14(18)13-8-12-11(16-13)4-3-6-15-12/h3-4,6,8,10,16H,2,5,7,9H2,1H3. The van der Waals surface area contributed by atoms with E-state index in [0.29, 0.717) is 18.7 Å². The van der Waals surface area contributed by atoms with Gasteiger partial charge in [-0.25, -0.2) is 8.42 Å². The fourth-order valence-corrected chi connectivity index (χ4v) is 4.55. The van der Waals surface area contributed by atoms with Gasteiger partial charge >= 0.3 is 0 Å². The van der Waals surface area contributed by atoms with Crippen molar-refractivity contribution in [1.29, 1.82) is 0 Å². The smallest absolute Gasteiger partial charge is 0.270 e. The van der Waals surface area contributed by atoms with Crippen molar-refractivity contribution in [2.45, 2.75) is 19.4 Å². The van der Waals surface area contributed by atoms with E-state index in [1.165, 1.54) is 0 Å². The Labute approximate surface area is 123 Å². The Morgan fingerprint density at radius 1 is 1.52 bits per heavy atom. The van der Waals surface area contributed by atoms with Gasteiger partial charge in [0.2, 0.25) is 0 Å². The third kappa shape index (κ3) is 2.65. The highest BCUT2D eigenvalue weighted by atomic mass is 32.2. The molecule has 1 amide bonds. The number of aromatic nitrogens is 2.